The SMILES string of the molecule is COc1cc(C=O)ccc1Oc1ccc(C=CC(C)=O)cc1OC. The average Bonchev–Trinajstić information content (AvgIpc) is 2.60. The van der Waals surface area contributed by atoms with E-state index < -0.39 is 0 Å². The van der Waals surface area contributed by atoms with Crippen LogP contribution < -0.4 is 14.2 Å². The Morgan fingerprint density at radius 2 is 1.42 bits per heavy atom. The molecule has 0 aliphatic carbocycles. The van der Waals surface area contributed by atoms with Gasteiger partial charge in [-0.2, -0.15) is 0 Å². The predicted octanol–water partition coefficient (Wildman–Crippen LogP) is 3.91. The van der Waals surface area contributed by atoms with Crippen molar-refractivity contribution in [2.75, 3.05) is 14.2 Å². The number of ketones is 1. The molecule has 24 heavy (non-hydrogen) atoms. The summed E-state index contributed by atoms with van der Waals surface area (Å²) in [7, 11) is 3.04. The van der Waals surface area contributed by atoms with Crippen LogP contribution in [0.1, 0.15) is 22.8 Å². The molecule has 0 saturated carbocycles. The Kier molecular flexibility index (Phi) is 5.73. The van der Waals surface area contributed by atoms with Crippen LogP contribution in [-0.4, -0.2) is 26.3 Å². The lowest BCUT2D eigenvalue weighted by Crippen LogP contribution is -1.95. The van der Waals surface area contributed by atoms with Crippen molar-refractivity contribution in [1.82, 2.24) is 0 Å². The van der Waals surface area contributed by atoms with Crippen molar-refractivity contribution in [1.29, 1.82) is 0 Å². The van der Waals surface area contributed by atoms with Gasteiger partial charge >= 0.3 is 0 Å². The highest BCUT2D eigenvalue weighted by Gasteiger charge is 2.11. The first kappa shape index (κ1) is 17.3. The first-order chi connectivity index (χ1) is 11.6. The molecule has 0 radical (unpaired) electrons. The quantitative estimate of drug-likeness (QED) is 0.570. The van der Waals surface area contributed by atoms with Gasteiger partial charge in [0.25, 0.3) is 0 Å². The molecule has 5 heteroatoms. The lowest BCUT2D eigenvalue weighted by Gasteiger charge is -2.13. The summed E-state index contributed by atoms with van der Waals surface area (Å²) in [6.07, 6.45) is 3.92. The van der Waals surface area contributed by atoms with E-state index in [9.17, 15) is 9.59 Å². The predicted molar refractivity (Wildman–Crippen MR) is 91.2 cm³/mol. The van der Waals surface area contributed by atoms with Crippen LogP contribution in [0.2, 0.25) is 0 Å². The Hall–Kier alpha value is -3.08. The lowest BCUT2D eigenvalue weighted by atomic mass is 10.1. The molecule has 0 atom stereocenters. The van der Waals surface area contributed by atoms with Crippen LogP contribution in [0.5, 0.6) is 23.0 Å². The molecule has 0 aromatic heterocycles. The van der Waals surface area contributed by atoms with Gasteiger partial charge in [0.2, 0.25) is 0 Å². The third-order valence-corrected chi connectivity index (χ3v) is 3.24. The fraction of sp³-hybridized carbons (Fsp3) is 0.158. The van der Waals surface area contributed by atoms with Crippen molar-refractivity contribution in [3.05, 3.63) is 53.6 Å². The van der Waals surface area contributed by atoms with Crippen molar-refractivity contribution < 1.29 is 23.8 Å². The summed E-state index contributed by atoms with van der Waals surface area (Å²) < 4.78 is 16.4. The number of benzene rings is 2. The van der Waals surface area contributed by atoms with Gasteiger partial charge in [0.05, 0.1) is 14.2 Å². The van der Waals surface area contributed by atoms with Crippen molar-refractivity contribution in [3.8, 4) is 23.0 Å². The van der Waals surface area contributed by atoms with E-state index in [2.05, 4.69) is 0 Å². The van der Waals surface area contributed by atoms with Gasteiger partial charge < -0.3 is 14.2 Å². The Morgan fingerprint density at radius 1 is 0.875 bits per heavy atom. The normalized spacial score (nSPS) is 10.5. The summed E-state index contributed by atoms with van der Waals surface area (Å²) in [6, 6.07) is 10.2. The maximum Gasteiger partial charge on any atom is 0.169 e. The summed E-state index contributed by atoms with van der Waals surface area (Å²) in [5.41, 5.74) is 1.31. The number of carbonyl (C=O) groups is 2. The topological polar surface area (TPSA) is 61.8 Å². The Labute approximate surface area is 140 Å². The summed E-state index contributed by atoms with van der Waals surface area (Å²) >= 11 is 0. The molecule has 2 aromatic carbocycles. The number of methoxy groups -OCH3 is 2. The van der Waals surface area contributed by atoms with Gasteiger partial charge in [-0.25, -0.2) is 0 Å². The van der Waals surface area contributed by atoms with Crippen LogP contribution in [0.25, 0.3) is 6.08 Å². The van der Waals surface area contributed by atoms with E-state index in [0.29, 0.717) is 28.6 Å². The van der Waals surface area contributed by atoms with Gasteiger partial charge in [-0.3, -0.25) is 9.59 Å². The first-order valence-corrected chi connectivity index (χ1v) is 7.25. The zero-order valence-corrected chi connectivity index (χ0v) is 13.7. The van der Waals surface area contributed by atoms with Crippen LogP contribution in [-0.2, 0) is 4.79 Å². The van der Waals surface area contributed by atoms with Crippen molar-refractivity contribution in [3.63, 3.8) is 0 Å². The van der Waals surface area contributed by atoms with Crippen LogP contribution in [0.3, 0.4) is 0 Å². The monoisotopic (exact) mass is 326 g/mol. The Balaban J connectivity index is 2.32. The molecule has 0 saturated heterocycles. The van der Waals surface area contributed by atoms with Crippen molar-refractivity contribution >= 4 is 18.1 Å². The smallest absolute Gasteiger partial charge is 0.169 e. The zero-order chi connectivity index (χ0) is 17.5. The number of ether oxygens (including phenoxy) is 3. The number of allylic oxidation sites excluding steroid dienone is 1. The molecule has 0 bridgehead atoms. The van der Waals surface area contributed by atoms with Gasteiger partial charge in [0, 0.05) is 5.56 Å². The minimum Gasteiger partial charge on any atom is -0.493 e. The molecule has 0 spiro atoms. The number of hydrogen-bond donors (Lipinski definition) is 0. The summed E-state index contributed by atoms with van der Waals surface area (Å²) in [6.45, 7) is 1.49. The molecule has 2 rings (SSSR count). The van der Waals surface area contributed by atoms with Gasteiger partial charge in [-0.05, 0) is 48.9 Å². The number of rotatable bonds is 7. The number of aldehydes is 1. The minimum atomic E-state index is -0.0331. The maximum absolute atomic E-state index is 11.0. The van der Waals surface area contributed by atoms with Crippen molar-refractivity contribution in [2.45, 2.75) is 6.92 Å². The number of hydrogen-bond acceptors (Lipinski definition) is 5. The highest BCUT2D eigenvalue weighted by molar-refractivity contribution is 5.91. The highest BCUT2D eigenvalue weighted by atomic mass is 16.5. The molecule has 124 valence electrons. The standard InChI is InChI=1S/C19H18O5/c1-13(21)4-5-14-6-8-16(18(10-14)22-2)24-17-9-7-15(12-20)11-19(17)23-3/h4-12H,1-3H3. The van der Waals surface area contributed by atoms with Gasteiger partial charge in [0.1, 0.15) is 6.29 Å². The first-order valence-electron chi connectivity index (χ1n) is 7.25. The second kappa shape index (κ2) is 7.97. The highest BCUT2D eigenvalue weighted by Crippen LogP contribution is 2.37. The van der Waals surface area contributed by atoms with Gasteiger partial charge in [-0.1, -0.05) is 12.1 Å². The molecule has 0 aliphatic heterocycles. The molecular weight excluding hydrogens is 308 g/mol. The fourth-order valence-electron chi connectivity index (χ4n) is 2.05. The third-order valence-electron chi connectivity index (χ3n) is 3.24. The lowest BCUT2D eigenvalue weighted by molar-refractivity contribution is -0.112. The summed E-state index contributed by atoms with van der Waals surface area (Å²) in [5.74, 6) is 1.89. The van der Waals surface area contributed by atoms with E-state index in [0.717, 1.165) is 11.8 Å². The van der Waals surface area contributed by atoms with E-state index in [1.54, 1.807) is 36.4 Å². The summed E-state index contributed by atoms with van der Waals surface area (Å²) in [4.78, 5) is 21.9. The van der Waals surface area contributed by atoms with Gasteiger partial charge in [0.15, 0.2) is 28.8 Å². The molecule has 2 aromatic rings. The fourth-order valence-corrected chi connectivity index (χ4v) is 2.05. The molecular formula is C19H18O5. The Morgan fingerprint density at radius 3 is 1.92 bits per heavy atom. The largest absolute Gasteiger partial charge is 0.493 e. The maximum atomic E-state index is 11.0. The minimum absolute atomic E-state index is 0.0331. The molecule has 5 nitrogen and oxygen atoms in total. The summed E-state index contributed by atoms with van der Waals surface area (Å²) in [5, 5.41) is 0. The molecule has 0 amide bonds. The van der Waals surface area contributed by atoms with Crippen LogP contribution in [0.15, 0.2) is 42.5 Å². The van der Waals surface area contributed by atoms with E-state index in [4.69, 9.17) is 14.2 Å². The Bertz CT molecular complexity index is 777. The zero-order valence-electron chi connectivity index (χ0n) is 13.7. The van der Waals surface area contributed by atoms with Gasteiger partial charge in [-0.15, -0.1) is 0 Å². The molecule has 0 fully saturated rings. The molecule has 0 unspecified atom stereocenters. The second-order valence-corrected chi connectivity index (χ2v) is 4.98. The van der Waals surface area contributed by atoms with Crippen LogP contribution in [0.4, 0.5) is 0 Å². The van der Waals surface area contributed by atoms with E-state index in [-0.39, 0.29) is 5.78 Å². The third kappa shape index (κ3) is 4.23. The van der Waals surface area contributed by atoms with Crippen LogP contribution >= 0.6 is 0 Å². The molecule has 0 aliphatic rings. The van der Waals surface area contributed by atoms with E-state index in [1.807, 2.05) is 6.07 Å². The number of carbonyl (C=O) groups excluding carboxylic acids is 2. The molecule has 0 heterocycles. The van der Waals surface area contributed by atoms with E-state index >= 15 is 0 Å². The van der Waals surface area contributed by atoms with Crippen molar-refractivity contribution in [2.24, 2.45) is 0 Å². The van der Waals surface area contributed by atoms with E-state index in [1.165, 1.54) is 27.2 Å². The van der Waals surface area contributed by atoms with Crippen LogP contribution in [0, 0.1) is 0 Å². The average molecular weight is 326 g/mol. The molecule has 0 N–H and O–H groups in total. The second-order valence-electron chi connectivity index (χ2n) is 4.98.